The van der Waals surface area contributed by atoms with E-state index < -0.39 is 21.2 Å². The van der Waals surface area contributed by atoms with Gasteiger partial charge >= 0.3 is 0 Å². The highest BCUT2D eigenvalue weighted by atomic mass is 32.2. The number of hydrogen-bond acceptors (Lipinski definition) is 4. The molecule has 0 unspecified atom stereocenters. The van der Waals surface area contributed by atoms with Crippen LogP contribution in [-0.4, -0.2) is 50.2 Å². The highest BCUT2D eigenvalue weighted by Gasteiger charge is 2.54. The van der Waals surface area contributed by atoms with Gasteiger partial charge in [-0.1, -0.05) is 23.8 Å². The lowest BCUT2D eigenvalue weighted by Gasteiger charge is -2.55. The second-order valence-corrected chi connectivity index (χ2v) is 9.52. The average Bonchev–Trinajstić information content (AvgIpc) is 2.53. The van der Waals surface area contributed by atoms with Gasteiger partial charge in [-0.2, -0.15) is 4.31 Å². The third kappa shape index (κ3) is 3.53. The molecule has 0 saturated carbocycles. The molecule has 2 aliphatic rings. The number of benzene rings is 1. The number of aryl methyl sites for hydroxylation is 1. The van der Waals surface area contributed by atoms with Gasteiger partial charge in [-0.25, -0.2) is 8.42 Å². The third-order valence-electron chi connectivity index (χ3n) is 5.21. The highest BCUT2D eigenvalue weighted by molar-refractivity contribution is 7.89. The molecular formula is C19H27NO4S. The van der Waals surface area contributed by atoms with E-state index in [9.17, 15) is 8.42 Å². The molecule has 0 amide bonds. The molecule has 3 rings (SSSR count). The van der Waals surface area contributed by atoms with Crippen LogP contribution in [0.25, 0.3) is 0 Å². The minimum Gasteiger partial charge on any atom is -0.381 e. The van der Waals surface area contributed by atoms with Crippen LogP contribution in [0.2, 0.25) is 0 Å². The number of sulfonamides is 1. The molecule has 2 aliphatic heterocycles. The van der Waals surface area contributed by atoms with Gasteiger partial charge in [0, 0.05) is 33.0 Å². The van der Waals surface area contributed by atoms with Crippen molar-refractivity contribution in [3.05, 3.63) is 42.5 Å². The lowest BCUT2D eigenvalue weighted by Crippen LogP contribution is -2.66. The van der Waals surface area contributed by atoms with Gasteiger partial charge in [-0.15, -0.1) is 6.58 Å². The van der Waals surface area contributed by atoms with E-state index in [-0.39, 0.29) is 6.10 Å². The Kier molecular flexibility index (Phi) is 4.83. The van der Waals surface area contributed by atoms with E-state index in [1.807, 2.05) is 26.0 Å². The smallest absolute Gasteiger partial charge is 0.243 e. The van der Waals surface area contributed by atoms with E-state index in [2.05, 4.69) is 6.58 Å². The molecule has 5 nitrogen and oxygen atoms in total. The Morgan fingerprint density at radius 3 is 2.60 bits per heavy atom. The molecule has 2 bridgehead atoms. The van der Waals surface area contributed by atoms with Crippen LogP contribution in [0.5, 0.6) is 0 Å². The summed E-state index contributed by atoms with van der Waals surface area (Å²) in [4.78, 5) is 0.332. The van der Waals surface area contributed by atoms with Crippen molar-refractivity contribution in [1.29, 1.82) is 0 Å². The first-order valence-corrected chi connectivity index (χ1v) is 10.1. The van der Waals surface area contributed by atoms with Gasteiger partial charge in [0.1, 0.15) is 0 Å². The van der Waals surface area contributed by atoms with Crippen molar-refractivity contribution in [2.45, 2.75) is 55.3 Å². The Balaban J connectivity index is 1.96. The average molecular weight is 365 g/mol. The molecule has 2 heterocycles. The Hall–Kier alpha value is -1.21. The highest BCUT2D eigenvalue weighted by Crippen LogP contribution is 2.44. The van der Waals surface area contributed by atoms with Gasteiger partial charge in [-0.3, -0.25) is 0 Å². The summed E-state index contributed by atoms with van der Waals surface area (Å²) >= 11 is 0. The first-order chi connectivity index (χ1) is 11.7. The van der Waals surface area contributed by atoms with Gasteiger partial charge < -0.3 is 9.47 Å². The minimum atomic E-state index is -3.56. The SMILES string of the molecule is C=CC[C@]12C[C@@H](OC)C[C@](C)(CN(S(=O)(=O)c3ccc(C)cc3)C1)O2. The zero-order chi connectivity index (χ0) is 18.3. The van der Waals surface area contributed by atoms with Crippen molar-refractivity contribution >= 4 is 10.0 Å². The molecule has 2 saturated heterocycles. The predicted octanol–water partition coefficient (Wildman–Crippen LogP) is 2.90. The summed E-state index contributed by atoms with van der Waals surface area (Å²) < 4.78 is 39.9. The fourth-order valence-corrected chi connectivity index (χ4v) is 5.79. The molecule has 0 aromatic heterocycles. The maximum Gasteiger partial charge on any atom is 0.243 e. The molecule has 138 valence electrons. The second kappa shape index (κ2) is 6.50. The van der Waals surface area contributed by atoms with E-state index in [4.69, 9.17) is 9.47 Å². The zero-order valence-corrected chi connectivity index (χ0v) is 16.0. The van der Waals surface area contributed by atoms with Crippen molar-refractivity contribution in [2.24, 2.45) is 0 Å². The summed E-state index contributed by atoms with van der Waals surface area (Å²) in [5.74, 6) is 0. The summed E-state index contributed by atoms with van der Waals surface area (Å²) in [5, 5.41) is 0. The Labute approximate surface area is 150 Å². The van der Waals surface area contributed by atoms with Crippen LogP contribution in [0, 0.1) is 6.92 Å². The normalized spacial score (nSPS) is 33.2. The van der Waals surface area contributed by atoms with Gasteiger partial charge in [0.25, 0.3) is 0 Å². The summed E-state index contributed by atoms with van der Waals surface area (Å²) in [5.41, 5.74) is -0.0977. The van der Waals surface area contributed by atoms with Crippen molar-refractivity contribution < 1.29 is 17.9 Å². The topological polar surface area (TPSA) is 55.8 Å². The molecule has 6 heteroatoms. The molecule has 0 N–H and O–H groups in total. The van der Waals surface area contributed by atoms with E-state index in [0.29, 0.717) is 37.2 Å². The fraction of sp³-hybridized carbons (Fsp3) is 0.579. The molecule has 0 aliphatic carbocycles. The van der Waals surface area contributed by atoms with Crippen LogP contribution in [0.3, 0.4) is 0 Å². The molecule has 0 radical (unpaired) electrons. The summed E-state index contributed by atoms with van der Waals surface area (Å²) in [6, 6.07) is 7.01. The van der Waals surface area contributed by atoms with Crippen LogP contribution in [-0.2, 0) is 19.5 Å². The zero-order valence-electron chi connectivity index (χ0n) is 15.2. The van der Waals surface area contributed by atoms with Gasteiger partial charge in [0.05, 0.1) is 22.2 Å². The summed E-state index contributed by atoms with van der Waals surface area (Å²) in [7, 11) is -1.86. The van der Waals surface area contributed by atoms with E-state index in [1.165, 1.54) is 0 Å². The first-order valence-electron chi connectivity index (χ1n) is 8.63. The standard InChI is InChI=1S/C19H27NO4S/c1-5-10-19-12-16(23-4)11-18(3,24-19)13-20(14-19)25(21,22)17-8-6-15(2)7-9-17/h5-9,16H,1,10-14H2,2-4H3/t16-,18+,19-/m0/s1. The molecule has 25 heavy (non-hydrogen) atoms. The van der Waals surface area contributed by atoms with Crippen LogP contribution in [0.4, 0.5) is 0 Å². The van der Waals surface area contributed by atoms with Crippen molar-refractivity contribution in [3.63, 3.8) is 0 Å². The Morgan fingerprint density at radius 2 is 2.00 bits per heavy atom. The second-order valence-electron chi connectivity index (χ2n) is 7.58. The van der Waals surface area contributed by atoms with Crippen molar-refractivity contribution in [1.82, 2.24) is 4.31 Å². The van der Waals surface area contributed by atoms with Crippen LogP contribution in [0.15, 0.2) is 41.8 Å². The van der Waals surface area contributed by atoms with Crippen LogP contribution < -0.4 is 0 Å². The number of morpholine rings is 1. The lowest BCUT2D eigenvalue weighted by molar-refractivity contribution is -0.243. The van der Waals surface area contributed by atoms with Gasteiger partial charge in [0.15, 0.2) is 0 Å². The van der Waals surface area contributed by atoms with Crippen molar-refractivity contribution in [2.75, 3.05) is 20.2 Å². The van der Waals surface area contributed by atoms with E-state index in [1.54, 1.807) is 29.6 Å². The van der Waals surface area contributed by atoms with Crippen LogP contribution >= 0.6 is 0 Å². The molecule has 1 aromatic rings. The number of ether oxygens (including phenoxy) is 2. The molecule has 2 fully saturated rings. The maximum atomic E-state index is 13.2. The van der Waals surface area contributed by atoms with Crippen LogP contribution in [0.1, 0.15) is 31.7 Å². The van der Waals surface area contributed by atoms with Gasteiger partial charge in [0.2, 0.25) is 10.0 Å². The summed E-state index contributed by atoms with van der Waals surface area (Å²) in [6.07, 6.45) is 3.83. The number of rotatable bonds is 5. The number of methoxy groups -OCH3 is 1. The number of hydrogen-bond donors (Lipinski definition) is 0. The maximum absolute atomic E-state index is 13.2. The van der Waals surface area contributed by atoms with Crippen molar-refractivity contribution in [3.8, 4) is 0 Å². The Morgan fingerprint density at radius 1 is 1.32 bits per heavy atom. The lowest BCUT2D eigenvalue weighted by atomic mass is 9.79. The molecule has 0 spiro atoms. The fourth-order valence-electron chi connectivity index (χ4n) is 4.17. The monoisotopic (exact) mass is 365 g/mol. The minimum absolute atomic E-state index is 0.0722. The van der Waals surface area contributed by atoms with E-state index >= 15 is 0 Å². The van der Waals surface area contributed by atoms with E-state index in [0.717, 1.165) is 5.56 Å². The molecular weight excluding hydrogens is 338 g/mol. The molecule has 3 atom stereocenters. The quantitative estimate of drug-likeness (QED) is 0.753. The third-order valence-corrected chi connectivity index (χ3v) is 7.01. The number of fused-ring (bicyclic) bond motifs is 2. The van der Waals surface area contributed by atoms with Gasteiger partial charge in [-0.05, 0) is 32.4 Å². The largest absolute Gasteiger partial charge is 0.381 e. The Bertz CT molecular complexity index is 745. The predicted molar refractivity (Wildman–Crippen MR) is 97.0 cm³/mol. The summed E-state index contributed by atoms with van der Waals surface area (Å²) in [6.45, 7) is 8.42. The number of nitrogens with zero attached hydrogens (tertiary/aromatic N) is 1. The molecule has 1 aromatic carbocycles. The first kappa shape index (κ1) is 18.6.